The molecule has 4 nitrogen and oxygen atoms in total. The van der Waals surface area contributed by atoms with Gasteiger partial charge in [0.1, 0.15) is 0 Å². The quantitative estimate of drug-likeness (QED) is 0.830. The van der Waals surface area contributed by atoms with Crippen molar-refractivity contribution in [2.45, 2.75) is 57.5 Å². The van der Waals surface area contributed by atoms with Crippen LogP contribution in [0.1, 0.15) is 45.4 Å². The SMILES string of the molecule is CCCN1CCC(NC(=O)C2CCC(N)C2)CC1.Cl.Cl. The highest BCUT2D eigenvalue weighted by Crippen LogP contribution is 2.24. The van der Waals surface area contributed by atoms with Crippen molar-refractivity contribution >= 4 is 30.7 Å². The highest BCUT2D eigenvalue weighted by Gasteiger charge is 2.29. The fourth-order valence-corrected chi connectivity index (χ4v) is 3.19. The summed E-state index contributed by atoms with van der Waals surface area (Å²) in [5.41, 5.74) is 5.86. The number of hydrogen-bond acceptors (Lipinski definition) is 3. The van der Waals surface area contributed by atoms with Gasteiger partial charge in [-0.3, -0.25) is 4.79 Å². The Bertz CT molecular complexity index is 284. The molecule has 3 N–H and O–H groups in total. The Morgan fingerprint density at radius 1 is 1.20 bits per heavy atom. The predicted octanol–water partition coefficient (Wildman–Crippen LogP) is 1.95. The van der Waals surface area contributed by atoms with E-state index in [4.69, 9.17) is 5.73 Å². The molecule has 0 aromatic rings. The van der Waals surface area contributed by atoms with Crippen LogP contribution in [0.25, 0.3) is 0 Å². The minimum Gasteiger partial charge on any atom is -0.353 e. The molecule has 2 fully saturated rings. The van der Waals surface area contributed by atoms with Crippen LogP contribution < -0.4 is 11.1 Å². The lowest BCUT2D eigenvalue weighted by atomic mass is 10.0. The zero-order valence-corrected chi connectivity index (χ0v) is 14.0. The van der Waals surface area contributed by atoms with Crippen molar-refractivity contribution in [3.63, 3.8) is 0 Å². The number of likely N-dealkylation sites (tertiary alicyclic amines) is 1. The second kappa shape index (κ2) is 9.82. The number of amides is 1. The Kier molecular flexibility index (Phi) is 9.81. The molecular weight excluding hydrogens is 297 g/mol. The average Bonchev–Trinajstić information content (AvgIpc) is 2.79. The van der Waals surface area contributed by atoms with Gasteiger partial charge in [0, 0.05) is 31.1 Å². The van der Waals surface area contributed by atoms with Gasteiger partial charge < -0.3 is 16.0 Å². The van der Waals surface area contributed by atoms with E-state index in [0.29, 0.717) is 6.04 Å². The van der Waals surface area contributed by atoms with E-state index in [9.17, 15) is 4.79 Å². The summed E-state index contributed by atoms with van der Waals surface area (Å²) in [5.74, 6) is 0.422. The molecule has 1 heterocycles. The lowest BCUT2D eigenvalue weighted by Gasteiger charge is -2.32. The van der Waals surface area contributed by atoms with E-state index in [1.165, 1.54) is 13.0 Å². The molecule has 6 heteroatoms. The minimum absolute atomic E-state index is 0. The Balaban J connectivity index is 0.00000180. The van der Waals surface area contributed by atoms with Crippen LogP contribution in [0.2, 0.25) is 0 Å². The number of piperidine rings is 1. The summed E-state index contributed by atoms with van der Waals surface area (Å²) in [5, 5.41) is 3.22. The number of nitrogens with one attached hydrogen (secondary N) is 1. The molecular formula is C14H29Cl2N3O. The summed E-state index contributed by atoms with van der Waals surface area (Å²) in [6.45, 7) is 5.67. The van der Waals surface area contributed by atoms with E-state index in [1.54, 1.807) is 0 Å². The number of halogens is 2. The normalized spacial score (nSPS) is 27.5. The number of rotatable bonds is 4. The second-order valence-corrected chi connectivity index (χ2v) is 5.89. The van der Waals surface area contributed by atoms with Gasteiger partial charge in [0.15, 0.2) is 0 Å². The van der Waals surface area contributed by atoms with Crippen molar-refractivity contribution in [2.75, 3.05) is 19.6 Å². The Morgan fingerprint density at radius 3 is 2.35 bits per heavy atom. The van der Waals surface area contributed by atoms with Gasteiger partial charge in [0.2, 0.25) is 5.91 Å². The maximum Gasteiger partial charge on any atom is 0.223 e. The number of nitrogens with two attached hydrogens (primary N) is 1. The highest BCUT2D eigenvalue weighted by atomic mass is 35.5. The standard InChI is InChI=1S/C14H27N3O.2ClH/c1-2-7-17-8-5-13(6-9-17)16-14(18)11-3-4-12(15)10-11;;/h11-13H,2-10,15H2,1H3,(H,16,18);2*1H. The van der Waals surface area contributed by atoms with Gasteiger partial charge in [-0.15, -0.1) is 24.8 Å². The molecule has 1 amide bonds. The van der Waals surface area contributed by atoms with E-state index < -0.39 is 0 Å². The third-order valence-corrected chi connectivity index (χ3v) is 4.32. The van der Waals surface area contributed by atoms with E-state index in [2.05, 4.69) is 17.1 Å². The summed E-state index contributed by atoms with van der Waals surface area (Å²) in [4.78, 5) is 14.6. The maximum absolute atomic E-state index is 12.1. The summed E-state index contributed by atoms with van der Waals surface area (Å²) in [7, 11) is 0. The maximum atomic E-state index is 12.1. The topological polar surface area (TPSA) is 58.4 Å². The molecule has 2 rings (SSSR count). The third-order valence-electron chi connectivity index (χ3n) is 4.32. The predicted molar refractivity (Wildman–Crippen MR) is 87.7 cm³/mol. The van der Waals surface area contributed by atoms with Crippen LogP contribution in [0, 0.1) is 5.92 Å². The average molecular weight is 326 g/mol. The molecule has 2 unspecified atom stereocenters. The lowest BCUT2D eigenvalue weighted by molar-refractivity contribution is -0.125. The molecule has 1 aliphatic carbocycles. The molecule has 0 spiro atoms. The van der Waals surface area contributed by atoms with E-state index >= 15 is 0 Å². The fraction of sp³-hybridized carbons (Fsp3) is 0.929. The molecule has 20 heavy (non-hydrogen) atoms. The minimum atomic E-state index is 0. The molecule has 1 saturated carbocycles. The summed E-state index contributed by atoms with van der Waals surface area (Å²) >= 11 is 0. The van der Waals surface area contributed by atoms with Gasteiger partial charge in [-0.25, -0.2) is 0 Å². The van der Waals surface area contributed by atoms with Gasteiger partial charge >= 0.3 is 0 Å². The molecule has 0 aromatic heterocycles. The van der Waals surface area contributed by atoms with E-state index in [1.807, 2.05) is 0 Å². The largest absolute Gasteiger partial charge is 0.353 e. The van der Waals surface area contributed by atoms with Gasteiger partial charge in [0.05, 0.1) is 0 Å². The summed E-state index contributed by atoms with van der Waals surface area (Å²) in [6, 6.07) is 0.634. The van der Waals surface area contributed by atoms with Gasteiger partial charge in [-0.05, 0) is 45.1 Å². The summed E-state index contributed by atoms with van der Waals surface area (Å²) < 4.78 is 0. The van der Waals surface area contributed by atoms with Gasteiger partial charge in [-0.2, -0.15) is 0 Å². The van der Waals surface area contributed by atoms with Crippen molar-refractivity contribution in [1.29, 1.82) is 0 Å². The van der Waals surface area contributed by atoms with Crippen LogP contribution in [-0.2, 0) is 4.79 Å². The smallest absolute Gasteiger partial charge is 0.223 e. The molecule has 1 aliphatic heterocycles. The zero-order valence-electron chi connectivity index (χ0n) is 12.3. The van der Waals surface area contributed by atoms with Crippen molar-refractivity contribution in [1.82, 2.24) is 10.2 Å². The van der Waals surface area contributed by atoms with Crippen LogP contribution in [0.15, 0.2) is 0 Å². The monoisotopic (exact) mass is 325 g/mol. The zero-order chi connectivity index (χ0) is 13.0. The first-order valence-electron chi connectivity index (χ1n) is 7.47. The van der Waals surface area contributed by atoms with Crippen LogP contribution >= 0.6 is 24.8 Å². The van der Waals surface area contributed by atoms with Crippen molar-refractivity contribution in [3.8, 4) is 0 Å². The van der Waals surface area contributed by atoms with Crippen LogP contribution in [0.3, 0.4) is 0 Å². The highest BCUT2D eigenvalue weighted by molar-refractivity contribution is 5.85. The second-order valence-electron chi connectivity index (χ2n) is 5.89. The van der Waals surface area contributed by atoms with Crippen molar-refractivity contribution in [2.24, 2.45) is 11.7 Å². The Hall–Kier alpha value is -0.0300. The number of nitrogens with zero attached hydrogens (tertiary/aromatic N) is 1. The van der Waals surface area contributed by atoms with Crippen LogP contribution in [0.5, 0.6) is 0 Å². The first-order valence-corrected chi connectivity index (χ1v) is 7.47. The van der Waals surface area contributed by atoms with Gasteiger partial charge in [-0.1, -0.05) is 6.92 Å². The summed E-state index contributed by atoms with van der Waals surface area (Å²) in [6.07, 6.45) is 6.28. The fourth-order valence-electron chi connectivity index (χ4n) is 3.19. The number of hydrogen-bond donors (Lipinski definition) is 2. The van der Waals surface area contributed by atoms with E-state index in [0.717, 1.165) is 45.2 Å². The molecule has 0 bridgehead atoms. The molecule has 120 valence electrons. The lowest BCUT2D eigenvalue weighted by Crippen LogP contribution is -2.46. The molecule has 2 atom stereocenters. The molecule has 2 aliphatic rings. The first kappa shape index (κ1) is 20.0. The van der Waals surface area contributed by atoms with Gasteiger partial charge in [0.25, 0.3) is 0 Å². The number of carbonyl (C=O) groups is 1. The number of carbonyl (C=O) groups excluding carboxylic acids is 1. The van der Waals surface area contributed by atoms with Crippen molar-refractivity contribution < 1.29 is 4.79 Å². The van der Waals surface area contributed by atoms with Crippen molar-refractivity contribution in [3.05, 3.63) is 0 Å². The molecule has 0 radical (unpaired) electrons. The third kappa shape index (κ3) is 5.76. The molecule has 0 aromatic carbocycles. The van der Waals surface area contributed by atoms with E-state index in [-0.39, 0.29) is 42.7 Å². The molecule has 1 saturated heterocycles. The first-order chi connectivity index (χ1) is 8.69. The van der Waals surface area contributed by atoms with Crippen LogP contribution in [0.4, 0.5) is 0 Å². The van der Waals surface area contributed by atoms with Crippen LogP contribution in [-0.4, -0.2) is 42.5 Å². The Morgan fingerprint density at radius 2 is 1.85 bits per heavy atom. The Labute approximate surface area is 135 Å².